The van der Waals surface area contributed by atoms with Gasteiger partial charge in [-0.1, -0.05) is 18.6 Å². The fourth-order valence-corrected chi connectivity index (χ4v) is 5.12. The molecule has 1 aromatic carbocycles. The number of nitrogens with zero attached hydrogens (tertiary/aromatic N) is 1. The average Bonchev–Trinajstić information content (AvgIpc) is 2.85. The van der Waals surface area contributed by atoms with Gasteiger partial charge in [-0.3, -0.25) is 14.4 Å². The lowest BCUT2D eigenvalue weighted by molar-refractivity contribution is -0.116. The molecule has 0 unspecified atom stereocenters. The van der Waals surface area contributed by atoms with Crippen molar-refractivity contribution < 1.29 is 9.59 Å². The second-order valence-electron chi connectivity index (χ2n) is 7.01. The van der Waals surface area contributed by atoms with Crippen molar-refractivity contribution in [3.8, 4) is 0 Å². The number of hydrogen-bond donors (Lipinski definition) is 2. The van der Waals surface area contributed by atoms with Crippen LogP contribution in [0, 0.1) is 0 Å². The Kier molecular flexibility index (Phi) is 5.00. The summed E-state index contributed by atoms with van der Waals surface area (Å²) in [6.45, 7) is 0.0432. The lowest BCUT2D eigenvalue weighted by Gasteiger charge is -2.11. The van der Waals surface area contributed by atoms with Crippen LogP contribution in [0.3, 0.4) is 0 Å². The third kappa shape index (κ3) is 3.45. The van der Waals surface area contributed by atoms with Crippen LogP contribution in [-0.2, 0) is 24.2 Å². The van der Waals surface area contributed by atoms with E-state index in [-0.39, 0.29) is 17.9 Å². The fourth-order valence-electron chi connectivity index (χ4n) is 3.81. The molecule has 0 saturated carbocycles. The number of amides is 2. The van der Waals surface area contributed by atoms with E-state index < -0.39 is 5.91 Å². The molecule has 0 bridgehead atoms. The van der Waals surface area contributed by atoms with Crippen molar-refractivity contribution in [2.24, 2.45) is 5.73 Å². The van der Waals surface area contributed by atoms with Crippen LogP contribution < -0.4 is 16.5 Å². The average molecular weight is 395 g/mol. The van der Waals surface area contributed by atoms with Crippen LogP contribution in [0.4, 0.5) is 5.00 Å². The van der Waals surface area contributed by atoms with Gasteiger partial charge in [0, 0.05) is 22.5 Å². The zero-order valence-electron chi connectivity index (χ0n) is 15.4. The molecule has 144 valence electrons. The van der Waals surface area contributed by atoms with Gasteiger partial charge >= 0.3 is 0 Å². The Morgan fingerprint density at radius 3 is 2.71 bits per heavy atom. The van der Waals surface area contributed by atoms with Gasteiger partial charge in [0.15, 0.2) is 5.43 Å². The van der Waals surface area contributed by atoms with Crippen molar-refractivity contribution in [2.75, 3.05) is 5.32 Å². The van der Waals surface area contributed by atoms with Gasteiger partial charge in [0.1, 0.15) is 11.5 Å². The molecule has 0 fully saturated rings. The first-order chi connectivity index (χ1) is 13.5. The number of aromatic nitrogens is 1. The number of nitrogens with one attached hydrogen (secondary N) is 1. The first-order valence-electron chi connectivity index (χ1n) is 9.37. The predicted molar refractivity (Wildman–Crippen MR) is 111 cm³/mol. The minimum absolute atomic E-state index is 0.0432. The van der Waals surface area contributed by atoms with Crippen LogP contribution >= 0.6 is 11.3 Å². The van der Waals surface area contributed by atoms with Crippen molar-refractivity contribution in [2.45, 2.75) is 38.6 Å². The normalized spacial score (nSPS) is 13.7. The van der Waals surface area contributed by atoms with E-state index in [0.29, 0.717) is 21.5 Å². The van der Waals surface area contributed by atoms with E-state index in [4.69, 9.17) is 5.73 Å². The lowest BCUT2D eigenvalue weighted by Crippen LogP contribution is -2.22. The summed E-state index contributed by atoms with van der Waals surface area (Å²) in [5.74, 6) is -0.753. The Hall–Kier alpha value is -2.93. The van der Waals surface area contributed by atoms with E-state index in [1.165, 1.54) is 17.4 Å². The highest BCUT2D eigenvalue weighted by atomic mass is 32.1. The number of aryl methyl sites for hydroxylation is 1. The van der Waals surface area contributed by atoms with Crippen molar-refractivity contribution in [3.63, 3.8) is 0 Å². The standard InChI is InChI=1S/C21H21N3O3S/c22-20(27)19-14-7-2-1-3-9-17(14)28-21(19)23-18(26)12-24-11-10-16(25)13-6-4-5-8-15(13)24/h4-6,8,10-11H,1-3,7,9,12H2,(H2,22,27)(H,23,26). The summed E-state index contributed by atoms with van der Waals surface area (Å²) in [7, 11) is 0. The molecule has 28 heavy (non-hydrogen) atoms. The van der Waals surface area contributed by atoms with E-state index in [1.807, 2.05) is 12.1 Å². The number of thiophene rings is 1. The van der Waals surface area contributed by atoms with Gasteiger partial charge in [-0.25, -0.2) is 0 Å². The Labute approximate surface area is 166 Å². The van der Waals surface area contributed by atoms with Gasteiger partial charge in [0.2, 0.25) is 5.91 Å². The van der Waals surface area contributed by atoms with Crippen LogP contribution in [0.25, 0.3) is 10.9 Å². The minimum atomic E-state index is -0.497. The molecule has 3 aromatic rings. The van der Waals surface area contributed by atoms with Crippen LogP contribution in [-0.4, -0.2) is 16.4 Å². The summed E-state index contributed by atoms with van der Waals surface area (Å²) in [6.07, 6.45) is 6.61. The van der Waals surface area contributed by atoms with E-state index >= 15 is 0 Å². The lowest BCUT2D eigenvalue weighted by atomic mass is 10.1. The number of benzene rings is 1. The summed E-state index contributed by atoms with van der Waals surface area (Å²) in [6, 6.07) is 8.64. The maximum Gasteiger partial charge on any atom is 0.251 e. The molecule has 0 spiro atoms. The highest BCUT2D eigenvalue weighted by Gasteiger charge is 2.24. The number of rotatable bonds is 4. The van der Waals surface area contributed by atoms with Gasteiger partial charge in [-0.2, -0.15) is 0 Å². The predicted octanol–water partition coefficient (Wildman–Crippen LogP) is 3.07. The van der Waals surface area contributed by atoms with Gasteiger partial charge < -0.3 is 15.6 Å². The summed E-state index contributed by atoms with van der Waals surface area (Å²) in [4.78, 5) is 37.9. The molecular weight excluding hydrogens is 374 g/mol. The van der Waals surface area contributed by atoms with Crippen molar-refractivity contribution in [1.29, 1.82) is 0 Å². The highest BCUT2D eigenvalue weighted by molar-refractivity contribution is 7.17. The third-order valence-electron chi connectivity index (χ3n) is 5.12. The molecule has 2 amide bonds. The second kappa shape index (κ2) is 7.59. The van der Waals surface area contributed by atoms with Crippen molar-refractivity contribution >= 4 is 39.1 Å². The third-order valence-corrected chi connectivity index (χ3v) is 6.33. The zero-order valence-corrected chi connectivity index (χ0v) is 16.2. The molecular formula is C21H21N3O3S. The Bertz CT molecular complexity index is 1130. The van der Waals surface area contributed by atoms with Crippen LogP contribution in [0.1, 0.15) is 40.1 Å². The van der Waals surface area contributed by atoms with Gasteiger partial charge in [0.05, 0.1) is 11.1 Å². The van der Waals surface area contributed by atoms with Gasteiger partial charge in [-0.15, -0.1) is 11.3 Å². The maximum absolute atomic E-state index is 12.7. The quantitative estimate of drug-likeness (QED) is 0.665. The molecule has 0 atom stereocenters. The first kappa shape index (κ1) is 18.4. The largest absolute Gasteiger partial charge is 0.365 e. The summed E-state index contributed by atoms with van der Waals surface area (Å²) in [5.41, 5.74) is 7.71. The number of nitrogens with two attached hydrogens (primary N) is 1. The molecule has 6 nitrogen and oxygen atoms in total. The van der Waals surface area contributed by atoms with E-state index in [2.05, 4.69) is 5.32 Å². The van der Waals surface area contributed by atoms with E-state index in [9.17, 15) is 14.4 Å². The number of primary amides is 1. The molecule has 0 radical (unpaired) electrons. The number of pyridine rings is 1. The molecule has 1 aliphatic rings. The van der Waals surface area contributed by atoms with Crippen molar-refractivity contribution in [3.05, 3.63) is 62.8 Å². The van der Waals surface area contributed by atoms with Crippen LogP contribution in [0.15, 0.2) is 41.3 Å². The molecule has 4 rings (SSSR count). The monoisotopic (exact) mass is 395 g/mol. The Morgan fingerprint density at radius 2 is 1.89 bits per heavy atom. The SMILES string of the molecule is NC(=O)c1c(NC(=O)Cn2ccc(=O)c3ccccc32)sc2c1CCCCC2. The van der Waals surface area contributed by atoms with E-state index in [0.717, 1.165) is 42.5 Å². The topological polar surface area (TPSA) is 94.2 Å². The number of anilines is 1. The molecule has 2 heterocycles. The fraction of sp³-hybridized carbons (Fsp3) is 0.286. The zero-order chi connectivity index (χ0) is 19.7. The molecule has 7 heteroatoms. The van der Waals surface area contributed by atoms with Gasteiger partial charge in [-0.05, 0) is 43.4 Å². The molecule has 1 aliphatic carbocycles. The number of carbonyl (C=O) groups is 2. The summed E-state index contributed by atoms with van der Waals surface area (Å²) in [5, 5.41) is 3.98. The van der Waals surface area contributed by atoms with Gasteiger partial charge in [0.25, 0.3) is 5.91 Å². The second-order valence-corrected chi connectivity index (χ2v) is 8.11. The number of fused-ring (bicyclic) bond motifs is 2. The van der Waals surface area contributed by atoms with E-state index in [1.54, 1.807) is 22.9 Å². The molecule has 0 aliphatic heterocycles. The number of para-hydroxylation sites is 1. The number of carbonyl (C=O) groups excluding carboxylic acids is 2. The molecule has 0 saturated heterocycles. The van der Waals surface area contributed by atoms with Crippen molar-refractivity contribution in [1.82, 2.24) is 4.57 Å². The summed E-state index contributed by atoms with van der Waals surface area (Å²) < 4.78 is 1.73. The van der Waals surface area contributed by atoms with Crippen LogP contribution in [0.2, 0.25) is 0 Å². The maximum atomic E-state index is 12.7. The summed E-state index contributed by atoms with van der Waals surface area (Å²) >= 11 is 1.46. The first-order valence-corrected chi connectivity index (χ1v) is 10.2. The van der Waals surface area contributed by atoms with Crippen LogP contribution in [0.5, 0.6) is 0 Å². The smallest absolute Gasteiger partial charge is 0.251 e. The number of hydrogen-bond acceptors (Lipinski definition) is 4. The Balaban J connectivity index is 1.62. The molecule has 3 N–H and O–H groups in total. The molecule has 2 aromatic heterocycles. The highest BCUT2D eigenvalue weighted by Crippen LogP contribution is 2.37. The Morgan fingerprint density at radius 1 is 1.11 bits per heavy atom. The minimum Gasteiger partial charge on any atom is -0.365 e.